The van der Waals surface area contributed by atoms with Gasteiger partial charge in [0.15, 0.2) is 0 Å². The first-order chi connectivity index (χ1) is 11.4. The van der Waals surface area contributed by atoms with E-state index >= 15 is 0 Å². The molecule has 2 heterocycles. The molecule has 0 atom stereocenters. The number of thiophene rings is 1. The lowest BCUT2D eigenvalue weighted by Crippen LogP contribution is -2.16. The number of nitrogens with one attached hydrogen (secondary N) is 1. The second-order valence-electron chi connectivity index (χ2n) is 4.84. The fourth-order valence-electron chi connectivity index (χ4n) is 2.15. The summed E-state index contributed by atoms with van der Waals surface area (Å²) in [5.74, 6) is -0.553. The molecule has 24 heavy (non-hydrogen) atoms. The summed E-state index contributed by atoms with van der Waals surface area (Å²) >= 11 is 2.08. The standard InChI is InChI=1S/C14H13N3O4S3/c1-3-21-14(18)11-8(2)7-22-13(11)17-24(19,20)10-6-4-5-9-12(10)16-23-15-9/h4-7,17H,3H2,1-2H3. The van der Waals surface area contributed by atoms with Gasteiger partial charge in [-0.25, -0.2) is 13.2 Å². The van der Waals surface area contributed by atoms with Gasteiger partial charge < -0.3 is 4.74 Å². The third-order valence-corrected chi connectivity index (χ3v) is 6.29. The smallest absolute Gasteiger partial charge is 0.341 e. The minimum atomic E-state index is -3.91. The fourth-order valence-corrected chi connectivity index (χ4v) is 5.17. The lowest BCUT2D eigenvalue weighted by molar-refractivity contribution is 0.0527. The summed E-state index contributed by atoms with van der Waals surface area (Å²) in [4.78, 5) is 12.1. The van der Waals surface area contributed by atoms with Crippen molar-refractivity contribution in [1.82, 2.24) is 8.75 Å². The van der Waals surface area contributed by atoms with Crippen LogP contribution in [0, 0.1) is 6.92 Å². The van der Waals surface area contributed by atoms with E-state index in [-0.39, 0.29) is 22.1 Å². The zero-order valence-electron chi connectivity index (χ0n) is 12.8. The highest BCUT2D eigenvalue weighted by molar-refractivity contribution is 7.93. The summed E-state index contributed by atoms with van der Waals surface area (Å²) in [6.45, 7) is 3.63. The molecule has 0 radical (unpaired) electrons. The molecule has 0 saturated carbocycles. The Kier molecular flexibility index (Phi) is 4.52. The fraction of sp³-hybridized carbons (Fsp3) is 0.214. The predicted molar refractivity (Wildman–Crippen MR) is 93.2 cm³/mol. The van der Waals surface area contributed by atoms with Crippen LogP contribution in [-0.2, 0) is 14.8 Å². The van der Waals surface area contributed by atoms with Crippen molar-refractivity contribution in [3.63, 3.8) is 0 Å². The van der Waals surface area contributed by atoms with Crippen molar-refractivity contribution in [2.24, 2.45) is 0 Å². The van der Waals surface area contributed by atoms with Crippen molar-refractivity contribution in [3.8, 4) is 0 Å². The molecule has 1 aromatic carbocycles. The van der Waals surface area contributed by atoms with Crippen LogP contribution in [0.1, 0.15) is 22.8 Å². The molecule has 0 spiro atoms. The Balaban J connectivity index is 2.02. The van der Waals surface area contributed by atoms with Crippen molar-refractivity contribution in [2.45, 2.75) is 18.7 Å². The third kappa shape index (κ3) is 2.99. The van der Waals surface area contributed by atoms with Crippen molar-refractivity contribution in [1.29, 1.82) is 0 Å². The maximum absolute atomic E-state index is 12.7. The van der Waals surface area contributed by atoms with Gasteiger partial charge in [0.05, 0.1) is 23.9 Å². The predicted octanol–water partition coefficient (Wildman–Crippen LogP) is 3.04. The van der Waals surface area contributed by atoms with E-state index in [1.165, 1.54) is 6.07 Å². The number of hydrogen-bond acceptors (Lipinski definition) is 8. The molecule has 0 saturated heterocycles. The van der Waals surface area contributed by atoms with E-state index in [0.29, 0.717) is 16.6 Å². The second-order valence-corrected chi connectivity index (χ2v) is 7.90. The number of hydrogen-bond donors (Lipinski definition) is 1. The van der Waals surface area contributed by atoms with Gasteiger partial charge in [0.1, 0.15) is 20.9 Å². The monoisotopic (exact) mass is 383 g/mol. The van der Waals surface area contributed by atoms with E-state index in [4.69, 9.17) is 4.74 Å². The summed E-state index contributed by atoms with van der Waals surface area (Å²) in [6.07, 6.45) is 0. The maximum atomic E-state index is 12.7. The molecule has 3 rings (SSSR count). The zero-order chi connectivity index (χ0) is 17.3. The molecule has 1 N–H and O–H groups in total. The number of nitrogens with zero attached hydrogens (tertiary/aromatic N) is 2. The molecule has 2 aromatic heterocycles. The molecule has 0 amide bonds. The summed E-state index contributed by atoms with van der Waals surface area (Å²) in [5, 5.41) is 1.93. The first-order valence-electron chi connectivity index (χ1n) is 6.93. The minimum absolute atomic E-state index is 0.0228. The Morgan fingerprint density at radius 2 is 2.12 bits per heavy atom. The van der Waals surface area contributed by atoms with Crippen LogP contribution in [0.2, 0.25) is 0 Å². The average molecular weight is 383 g/mol. The van der Waals surface area contributed by atoms with Gasteiger partial charge in [-0.1, -0.05) is 6.07 Å². The molecule has 10 heteroatoms. The first-order valence-corrected chi connectivity index (χ1v) is 10.0. The number of anilines is 1. The average Bonchev–Trinajstić information content (AvgIpc) is 3.13. The highest BCUT2D eigenvalue weighted by Gasteiger charge is 2.25. The van der Waals surface area contributed by atoms with E-state index in [0.717, 1.165) is 23.1 Å². The topological polar surface area (TPSA) is 98.2 Å². The largest absolute Gasteiger partial charge is 0.462 e. The maximum Gasteiger partial charge on any atom is 0.341 e. The molecule has 3 aromatic rings. The van der Waals surface area contributed by atoms with Crippen molar-refractivity contribution in [3.05, 3.63) is 34.7 Å². The van der Waals surface area contributed by atoms with Gasteiger partial charge >= 0.3 is 5.97 Å². The molecule has 0 aliphatic carbocycles. The Labute approximate surface area is 146 Å². The number of aryl methyl sites for hydroxylation is 1. The number of esters is 1. The van der Waals surface area contributed by atoms with E-state index in [2.05, 4.69) is 13.5 Å². The summed E-state index contributed by atoms with van der Waals surface area (Å²) in [7, 11) is -3.91. The molecule has 0 fully saturated rings. The van der Waals surface area contributed by atoms with Gasteiger partial charge in [0.25, 0.3) is 10.0 Å². The molecule has 0 aliphatic heterocycles. The first kappa shape index (κ1) is 16.8. The van der Waals surface area contributed by atoms with Crippen molar-refractivity contribution >= 4 is 55.1 Å². The number of ether oxygens (including phenoxy) is 1. The SMILES string of the molecule is CCOC(=O)c1c(C)csc1NS(=O)(=O)c1cccc2nsnc12. The van der Waals surface area contributed by atoms with E-state index < -0.39 is 16.0 Å². The molecule has 126 valence electrons. The lowest BCUT2D eigenvalue weighted by Gasteiger charge is -2.09. The van der Waals surface area contributed by atoms with Gasteiger partial charge in [-0.2, -0.15) is 8.75 Å². The molecule has 0 bridgehead atoms. The normalized spacial score (nSPS) is 11.6. The number of carbonyl (C=O) groups is 1. The number of fused-ring (bicyclic) bond motifs is 1. The third-order valence-electron chi connectivity index (χ3n) is 3.22. The van der Waals surface area contributed by atoms with E-state index in [1.807, 2.05) is 0 Å². The van der Waals surface area contributed by atoms with E-state index in [9.17, 15) is 13.2 Å². The number of rotatable bonds is 5. The van der Waals surface area contributed by atoms with Gasteiger partial charge in [0, 0.05) is 0 Å². The van der Waals surface area contributed by atoms with Gasteiger partial charge in [-0.15, -0.1) is 11.3 Å². The number of aromatic nitrogens is 2. The van der Waals surface area contributed by atoms with Gasteiger partial charge in [0.2, 0.25) is 0 Å². The van der Waals surface area contributed by atoms with Crippen LogP contribution in [0.5, 0.6) is 0 Å². The van der Waals surface area contributed by atoms with Crippen LogP contribution < -0.4 is 4.72 Å². The Morgan fingerprint density at radius 1 is 1.33 bits per heavy atom. The molecule has 7 nitrogen and oxygen atoms in total. The van der Waals surface area contributed by atoms with Crippen molar-refractivity contribution < 1.29 is 17.9 Å². The Morgan fingerprint density at radius 3 is 2.88 bits per heavy atom. The Hall–Kier alpha value is -2.04. The van der Waals surface area contributed by atoms with Crippen LogP contribution >= 0.6 is 23.1 Å². The summed E-state index contributed by atoms with van der Waals surface area (Å²) in [5.41, 5.74) is 1.70. The number of benzene rings is 1. The van der Waals surface area contributed by atoms with Crippen LogP contribution in [0.15, 0.2) is 28.5 Å². The summed E-state index contributed by atoms with van der Waals surface area (Å²) in [6, 6.07) is 4.75. The quantitative estimate of drug-likeness (QED) is 0.680. The highest BCUT2D eigenvalue weighted by atomic mass is 32.2. The van der Waals surface area contributed by atoms with Crippen LogP contribution in [0.25, 0.3) is 11.0 Å². The second kappa shape index (κ2) is 6.46. The lowest BCUT2D eigenvalue weighted by atomic mass is 10.2. The Bertz CT molecular complexity index is 1010. The highest BCUT2D eigenvalue weighted by Crippen LogP contribution is 2.31. The number of sulfonamides is 1. The zero-order valence-corrected chi connectivity index (χ0v) is 15.2. The van der Waals surface area contributed by atoms with Gasteiger partial charge in [-0.05, 0) is 36.9 Å². The molecular formula is C14H13N3O4S3. The van der Waals surface area contributed by atoms with Gasteiger partial charge in [-0.3, -0.25) is 4.72 Å². The van der Waals surface area contributed by atoms with Crippen LogP contribution in [0.4, 0.5) is 5.00 Å². The van der Waals surface area contributed by atoms with E-state index in [1.54, 1.807) is 31.4 Å². The van der Waals surface area contributed by atoms with Crippen LogP contribution in [-0.4, -0.2) is 29.7 Å². The minimum Gasteiger partial charge on any atom is -0.462 e. The molecule has 0 aliphatic rings. The molecule has 0 unspecified atom stereocenters. The van der Waals surface area contributed by atoms with Crippen LogP contribution in [0.3, 0.4) is 0 Å². The van der Waals surface area contributed by atoms with Crippen molar-refractivity contribution in [2.75, 3.05) is 11.3 Å². The number of carbonyl (C=O) groups excluding carboxylic acids is 1. The summed E-state index contributed by atoms with van der Waals surface area (Å²) < 4.78 is 41.0. The molecular weight excluding hydrogens is 370 g/mol.